The number of Topliss-reactive ketones (excluding diaryl/α,β-unsaturated/α-hetero) is 1. The second kappa shape index (κ2) is 6.21. The number of halogens is 3. The minimum Gasteiger partial charge on any atom is -0.396 e. The summed E-state index contributed by atoms with van der Waals surface area (Å²) in [5, 5.41) is 11.8. The summed E-state index contributed by atoms with van der Waals surface area (Å²) in [5.74, 6) is -0.00321. The number of nitrogen functional groups attached to an aromatic ring is 1. The highest BCUT2D eigenvalue weighted by Gasteiger charge is 2.31. The monoisotopic (exact) mass is 393 g/mol. The molecule has 0 atom stereocenters. The van der Waals surface area contributed by atoms with Crippen molar-refractivity contribution >= 4 is 43.7 Å². The van der Waals surface area contributed by atoms with Gasteiger partial charge in [0, 0.05) is 17.4 Å². The van der Waals surface area contributed by atoms with Gasteiger partial charge in [-0.25, -0.2) is 10.0 Å². The number of nitrogens with two attached hydrogens (primary N) is 1. The maximum atomic E-state index is 12.9. The Hall–Kier alpha value is -2.65. The van der Waals surface area contributed by atoms with Crippen molar-refractivity contribution in [3.8, 4) is 0 Å². The molecule has 3 N–H and O–H groups in total. The minimum atomic E-state index is -4.52. The van der Waals surface area contributed by atoms with E-state index in [1.807, 2.05) is 0 Å². The molecule has 0 spiro atoms. The first-order valence-corrected chi connectivity index (χ1v) is 8.98. The van der Waals surface area contributed by atoms with Gasteiger partial charge in [0.1, 0.15) is 9.83 Å². The van der Waals surface area contributed by atoms with Crippen LogP contribution in [-0.2, 0) is 12.6 Å². The Bertz CT molecular complexity index is 1060. The van der Waals surface area contributed by atoms with E-state index in [-0.39, 0.29) is 22.2 Å². The van der Waals surface area contributed by atoms with Gasteiger partial charge in [-0.3, -0.25) is 10.0 Å². The minimum absolute atomic E-state index is 0.00321. The molecule has 0 unspecified atom stereocenters. The number of hydrogen-bond acceptors (Lipinski definition) is 6. The molecular weight excluding hydrogens is 379 g/mol. The van der Waals surface area contributed by atoms with Crippen LogP contribution in [0, 0.1) is 0 Å². The zero-order chi connectivity index (χ0) is 19.3. The van der Waals surface area contributed by atoms with Crippen molar-refractivity contribution in [2.45, 2.75) is 25.4 Å². The summed E-state index contributed by atoms with van der Waals surface area (Å²) in [4.78, 5) is 17.1. The summed E-state index contributed by atoms with van der Waals surface area (Å²) in [5.41, 5.74) is 6.55. The Labute approximate surface area is 155 Å². The summed E-state index contributed by atoms with van der Waals surface area (Å²) in [7, 11) is 0. The second-order valence-corrected chi connectivity index (χ2v) is 7.27. The average molecular weight is 393 g/mol. The lowest BCUT2D eigenvalue weighted by Crippen LogP contribution is -2.13. The highest BCUT2D eigenvalue weighted by atomic mass is 32.1. The Morgan fingerprint density at radius 1 is 1.22 bits per heavy atom. The molecular formula is C18H14F3N3O2S. The van der Waals surface area contributed by atoms with Crippen LogP contribution in [0.5, 0.6) is 0 Å². The summed E-state index contributed by atoms with van der Waals surface area (Å²) < 4.78 is 38.8. The maximum Gasteiger partial charge on any atom is 0.416 e. The van der Waals surface area contributed by atoms with Crippen LogP contribution in [0.2, 0.25) is 0 Å². The molecule has 0 fully saturated rings. The molecule has 4 rings (SSSR count). The van der Waals surface area contributed by atoms with Crippen molar-refractivity contribution in [3.63, 3.8) is 0 Å². The maximum absolute atomic E-state index is 12.9. The number of pyridine rings is 1. The largest absolute Gasteiger partial charge is 0.416 e. The number of aromatic nitrogens is 1. The molecule has 0 radical (unpaired) electrons. The van der Waals surface area contributed by atoms with E-state index in [1.54, 1.807) is 6.07 Å². The van der Waals surface area contributed by atoms with Gasteiger partial charge in [0.05, 0.1) is 22.6 Å². The molecule has 3 aromatic rings. The Kier molecular flexibility index (Phi) is 4.08. The molecule has 1 aliphatic carbocycles. The zero-order valence-electron chi connectivity index (χ0n) is 13.9. The Morgan fingerprint density at radius 2 is 2.00 bits per heavy atom. The van der Waals surface area contributed by atoms with Crippen LogP contribution in [0.25, 0.3) is 10.2 Å². The molecule has 2 aromatic heterocycles. The van der Waals surface area contributed by atoms with E-state index in [4.69, 9.17) is 5.73 Å². The number of ketones is 1. The molecule has 27 heavy (non-hydrogen) atoms. The number of fused-ring (bicyclic) bond motifs is 2. The fraction of sp³-hybridized carbons (Fsp3) is 0.222. The average Bonchev–Trinajstić information content (AvgIpc) is 2.95. The lowest BCUT2D eigenvalue weighted by atomic mass is 9.94. The smallest absolute Gasteiger partial charge is 0.396 e. The molecule has 1 aliphatic rings. The lowest BCUT2D eigenvalue weighted by molar-refractivity contribution is -0.137. The molecule has 0 saturated carbocycles. The summed E-state index contributed by atoms with van der Waals surface area (Å²) in [6.07, 6.45) is -2.66. The summed E-state index contributed by atoms with van der Waals surface area (Å²) in [6.45, 7) is 0. The van der Waals surface area contributed by atoms with Crippen molar-refractivity contribution in [3.05, 3.63) is 47.2 Å². The molecule has 0 amide bonds. The van der Waals surface area contributed by atoms with Crippen molar-refractivity contribution < 1.29 is 23.2 Å². The van der Waals surface area contributed by atoms with Crippen LogP contribution in [0.4, 0.5) is 29.5 Å². The number of carbonyl (C=O) groups excluding carboxylic acids is 1. The predicted molar refractivity (Wildman–Crippen MR) is 96.7 cm³/mol. The predicted octanol–water partition coefficient (Wildman–Crippen LogP) is 4.94. The SMILES string of the molecule is Nc1c(N(O)c2cccc(C(F)(F)F)c2)sc2nc3c(cc12)C(=O)CCC3. The standard InChI is InChI=1S/C18H14F3N3O2S/c19-18(20,21)9-3-1-4-10(7-9)24(26)17-15(22)12-8-11-13(23-16(12)27-17)5-2-6-14(11)25/h1,3-4,7-8,26H,2,5-6,22H2. The second-order valence-electron chi connectivity index (χ2n) is 6.29. The quantitative estimate of drug-likeness (QED) is 0.603. The van der Waals surface area contributed by atoms with Gasteiger partial charge in [-0.2, -0.15) is 13.2 Å². The molecule has 0 saturated heterocycles. The number of hydrogen-bond donors (Lipinski definition) is 2. The van der Waals surface area contributed by atoms with E-state index in [9.17, 15) is 23.2 Å². The Morgan fingerprint density at radius 3 is 2.74 bits per heavy atom. The van der Waals surface area contributed by atoms with Crippen LogP contribution in [0.15, 0.2) is 30.3 Å². The van der Waals surface area contributed by atoms with Gasteiger partial charge in [0.2, 0.25) is 0 Å². The number of thiophene rings is 1. The van der Waals surface area contributed by atoms with Crippen molar-refractivity contribution in [1.82, 2.24) is 4.98 Å². The van der Waals surface area contributed by atoms with Crippen LogP contribution in [0.1, 0.15) is 34.5 Å². The fourth-order valence-electron chi connectivity index (χ4n) is 3.14. The van der Waals surface area contributed by atoms with Gasteiger partial charge in [0.25, 0.3) is 0 Å². The van der Waals surface area contributed by atoms with Crippen LogP contribution in [-0.4, -0.2) is 16.0 Å². The van der Waals surface area contributed by atoms with Crippen LogP contribution in [0.3, 0.4) is 0 Å². The summed E-state index contributed by atoms with van der Waals surface area (Å²) >= 11 is 1.06. The highest BCUT2D eigenvalue weighted by Crippen LogP contribution is 2.43. The van der Waals surface area contributed by atoms with Gasteiger partial charge in [-0.05, 0) is 37.1 Å². The van der Waals surface area contributed by atoms with Gasteiger partial charge in [0.15, 0.2) is 5.78 Å². The topological polar surface area (TPSA) is 79.4 Å². The molecule has 140 valence electrons. The molecule has 0 aliphatic heterocycles. The number of anilines is 3. The molecule has 5 nitrogen and oxygen atoms in total. The number of benzene rings is 1. The third kappa shape index (κ3) is 3.02. The third-order valence-corrected chi connectivity index (χ3v) is 5.60. The molecule has 1 aromatic carbocycles. The van der Waals surface area contributed by atoms with E-state index in [0.29, 0.717) is 39.4 Å². The van der Waals surface area contributed by atoms with E-state index in [1.165, 1.54) is 12.1 Å². The van der Waals surface area contributed by atoms with E-state index in [2.05, 4.69) is 4.98 Å². The highest BCUT2D eigenvalue weighted by molar-refractivity contribution is 7.23. The van der Waals surface area contributed by atoms with Crippen LogP contribution >= 0.6 is 11.3 Å². The normalized spacial score (nSPS) is 14.4. The van der Waals surface area contributed by atoms with Gasteiger partial charge >= 0.3 is 6.18 Å². The van der Waals surface area contributed by atoms with E-state index >= 15 is 0 Å². The van der Waals surface area contributed by atoms with Crippen LogP contribution < -0.4 is 10.8 Å². The number of alkyl halides is 3. The number of rotatable bonds is 2. The fourth-order valence-corrected chi connectivity index (χ4v) is 4.17. The first kappa shape index (κ1) is 17.7. The first-order chi connectivity index (χ1) is 12.8. The van der Waals surface area contributed by atoms with Gasteiger partial charge in [-0.1, -0.05) is 17.4 Å². The number of aryl methyl sites for hydroxylation is 1. The molecule has 0 bridgehead atoms. The zero-order valence-corrected chi connectivity index (χ0v) is 14.7. The van der Waals surface area contributed by atoms with E-state index < -0.39 is 11.7 Å². The number of carbonyl (C=O) groups is 1. The van der Waals surface area contributed by atoms with Crippen molar-refractivity contribution in [2.75, 3.05) is 10.8 Å². The summed E-state index contributed by atoms with van der Waals surface area (Å²) in [6, 6.07) is 5.98. The van der Waals surface area contributed by atoms with Gasteiger partial charge < -0.3 is 5.73 Å². The number of nitrogens with zero attached hydrogens (tertiary/aromatic N) is 2. The lowest BCUT2D eigenvalue weighted by Gasteiger charge is -2.17. The van der Waals surface area contributed by atoms with Crippen molar-refractivity contribution in [1.29, 1.82) is 0 Å². The third-order valence-electron chi connectivity index (χ3n) is 4.51. The van der Waals surface area contributed by atoms with E-state index in [0.717, 1.165) is 29.9 Å². The van der Waals surface area contributed by atoms with Gasteiger partial charge in [-0.15, -0.1) is 0 Å². The first-order valence-electron chi connectivity index (χ1n) is 8.17. The molecule has 9 heteroatoms. The Balaban J connectivity index is 1.80. The molecule has 2 heterocycles. The van der Waals surface area contributed by atoms with Crippen molar-refractivity contribution in [2.24, 2.45) is 0 Å².